The van der Waals surface area contributed by atoms with Crippen molar-refractivity contribution in [1.82, 2.24) is 4.90 Å². The number of amides is 1. The molecule has 0 N–H and O–H groups in total. The molecule has 1 amide bonds. The van der Waals surface area contributed by atoms with Crippen molar-refractivity contribution >= 4 is 21.8 Å². The van der Waals surface area contributed by atoms with E-state index in [2.05, 4.69) is 15.9 Å². The molecule has 0 unspecified atom stereocenters. The van der Waals surface area contributed by atoms with E-state index in [1.54, 1.807) is 4.90 Å². The lowest BCUT2D eigenvalue weighted by Gasteiger charge is -2.18. The van der Waals surface area contributed by atoms with E-state index in [1.807, 2.05) is 69.4 Å². The zero-order chi connectivity index (χ0) is 16.8. The highest BCUT2D eigenvalue weighted by atomic mass is 79.9. The number of carbonyl (C=O) groups excluding carboxylic acids is 1. The Hall–Kier alpha value is -1.81. The van der Waals surface area contributed by atoms with Gasteiger partial charge in [0.1, 0.15) is 5.75 Å². The summed E-state index contributed by atoms with van der Waals surface area (Å²) in [5.41, 5.74) is 2.06. The molecule has 0 saturated carbocycles. The summed E-state index contributed by atoms with van der Waals surface area (Å²) in [5, 5.41) is 0. The molecule has 0 aliphatic heterocycles. The van der Waals surface area contributed by atoms with Crippen LogP contribution in [0.5, 0.6) is 5.75 Å². The second-order valence-corrected chi connectivity index (χ2v) is 6.69. The molecular formula is C19H22BrNO2. The third-order valence-corrected chi connectivity index (χ3v) is 4.19. The zero-order valence-electron chi connectivity index (χ0n) is 13.8. The molecule has 0 atom stereocenters. The molecule has 0 spiro atoms. The van der Waals surface area contributed by atoms with Gasteiger partial charge in [0, 0.05) is 18.1 Å². The van der Waals surface area contributed by atoms with Crippen LogP contribution in [-0.2, 0) is 17.8 Å². The fourth-order valence-corrected chi connectivity index (χ4v) is 2.69. The number of benzene rings is 2. The van der Waals surface area contributed by atoms with Gasteiger partial charge in [-0.15, -0.1) is 0 Å². The first-order chi connectivity index (χ1) is 11.0. The van der Waals surface area contributed by atoms with Crippen LogP contribution in [0.4, 0.5) is 0 Å². The highest BCUT2D eigenvalue weighted by Crippen LogP contribution is 2.19. The lowest BCUT2D eigenvalue weighted by molar-refractivity contribution is -0.129. The Balaban J connectivity index is 1.99. The van der Waals surface area contributed by atoms with Gasteiger partial charge in [-0.3, -0.25) is 4.79 Å². The van der Waals surface area contributed by atoms with Gasteiger partial charge in [-0.25, -0.2) is 0 Å². The van der Waals surface area contributed by atoms with E-state index in [1.165, 1.54) is 0 Å². The Morgan fingerprint density at radius 3 is 2.61 bits per heavy atom. The number of halogens is 1. The van der Waals surface area contributed by atoms with Gasteiger partial charge >= 0.3 is 0 Å². The molecule has 0 bridgehead atoms. The molecule has 0 aromatic heterocycles. The van der Waals surface area contributed by atoms with Crippen LogP contribution in [-0.4, -0.2) is 24.0 Å². The van der Waals surface area contributed by atoms with Crippen molar-refractivity contribution in [3.05, 3.63) is 64.1 Å². The minimum Gasteiger partial charge on any atom is -0.491 e. The van der Waals surface area contributed by atoms with E-state index in [0.29, 0.717) is 13.0 Å². The van der Waals surface area contributed by atoms with E-state index in [-0.39, 0.29) is 12.0 Å². The van der Waals surface area contributed by atoms with Crippen LogP contribution in [0.2, 0.25) is 0 Å². The number of hydrogen-bond acceptors (Lipinski definition) is 2. The fourth-order valence-electron chi connectivity index (χ4n) is 2.28. The maximum atomic E-state index is 12.4. The standard InChI is InChI=1S/C19H22BrNO2/c1-14(2)23-17-9-6-7-15(11-17)12-19(22)21(3)13-16-8-4-5-10-18(16)20/h4-11,14H,12-13H2,1-3H3. The number of carbonyl (C=O) groups is 1. The predicted octanol–water partition coefficient (Wildman–Crippen LogP) is 4.44. The van der Waals surface area contributed by atoms with Gasteiger partial charge in [0.2, 0.25) is 5.91 Å². The van der Waals surface area contributed by atoms with Gasteiger partial charge < -0.3 is 9.64 Å². The van der Waals surface area contributed by atoms with Gasteiger partial charge in [0.05, 0.1) is 12.5 Å². The largest absolute Gasteiger partial charge is 0.491 e. The molecule has 0 aliphatic rings. The number of nitrogens with zero attached hydrogens (tertiary/aromatic N) is 1. The molecule has 3 nitrogen and oxygen atoms in total. The second-order valence-electron chi connectivity index (χ2n) is 5.83. The first kappa shape index (κ1) is 17.5. The van der Waals surface area contributed by atoms with Crippen molar-refractivity contribution < 1.29 is 9.53 Å². The summed E-state index contributed by atoms with van der Waals surface area (Å²) < 4.78 is 6.70. The maximum absolute atomic E-state index is 12.4. The Bertz CT molecular complexity index is 670. The molecule has 2 aromatic rings. The van der Waals surface area contributed by atoms with Crippen LogP contribution in [0.25, 0.3) is 0 Å². The van der Waals surface area contributed by atoms with Gasteiger partial charge in [-0.1, -0.05) is 46.3 Å². The topological polar surface area (TPSA) is 29.5 Å². The number of rotatable bonds is 6. The molecule has 0 heterocycles. The Morgan fingerprint density at radius 2 is 1.91 bits per heavy atom. The van der Waals surface area contributed by atoms with Gasteiger partial charge in [-0.05, 0) is 43.2 Å². The smallest absolute Gasteiger partial charge is 0.227 e. The molecule has 23 heavy (non-hydrogen) atoms. The average molecular weight is 376 g/mol. The van der Waals surface area contributed by atoms with Crippen LogP contribution in [0.1, 0.15) is 25.0 Å². The zero-order valence-corrected chi connectivity index (χ0v) is 15.3. The maximum Gasteiger partial charge on any atom is 0.227 e. The van der Waals surface area contributed by atoms with E-state index in [0.717, 1.165) is 21.3 Å². The van der Waals surface area contributed by atoms with E-state index >= 15 is 0 Å². The van der Waals surface area contributed by atoms with Crippen molar-refractivity contribution in [2.75, 3.05) is 7.05 Å². The lowest BCUT2D eigenvalue weighted by atomic mass is 10.1. The summed E-state index contributed by atoms with van der Waals surface area (Å²) in [6.07, 6.45) is 0.495. The van der Waals surface area contributed by atoms with Crippen LogP contribution in [0.15, 0.2) is 53.0 Å². The van der Waals surface area contributed by atoms with E-state index in [4.69, 9.17) is 4.74 Å². The molecule has 0 saturated heterocycles. The normalized spacial score (nSPS) is 10.7. The lowest BCUT2D eigenvalue weighted by Crippen LogP contribution is -2.27. The Labute approximate surface area is 146 Å². The molecule has 0 radical (unpaired) electrons. The van der Waals surface area contributed by atoms with Crippen molar-refractivity contribution in [3.8, 4) is 5.75 Å². The average Bonchev–Trinajstić information content (AvgIpc) is 2.49. The third-order valence-electron chi connectivity index (χ3n) is 3.42. The summed E-state index contributed by atoms with van der Waals surface area (Å²) in [6.45, 7) is 4.56. The summed E-state index contributed by atoms with van der Waals surface area (Å²) in [7, 11) is 1.83. The third kappa shape index (κ3) is 5.39. The van der Waals surface area contributed by atoms with Crippen molar-refractivity contribution in [1.29, 1.82) is 0 Å². The minimum absolute atomic E-state index is 0.0856. The molecule has 2 aromatic carbocycles. The van der Waals surface area contributed by atoms with Crippen molar-refractivity contribution in [3.63, 3.8) is 0 Å². The predicted molar refractivity (Wildman–Crippen MR) is 96.5 cm³/mol. The first-order valence-corrected chi connectivity index (χ1v) is 8.48. The van der Waals surface area contributed by atoms with Crippen molar-refractivity contribution in [2.45, 2.75) is 32.9 Å². The fraction of sp³-hybridized carbons (Fsp3) is 0.316. The molecular weight excluding hydrogens is 354 g/mol. The molecule has 0 aliphatic carbocycles. The summed E-state index contributed by atoms with van der Waals surface area (Å²) in [4.78, 5) is 14.2. The monoisotopic (exact) mass is 375 g/mol. The first-order valence-electron chi connectivity index (χ1n) is 7.68. The van der Waals surface area contributed by atoms with E-state index in [9.17, 15) is 4.79 Å². The van der Waals surface area contributed by atoms with Crippen LogP contribution >= 0.6 is 15.9 Å². The molecule has 0 fully saturated rings. The van der Waals surface area contributed by atoms with Crippen LogP contribution in [0.3, 0.4) is 0 Å². The summed E-state index contributed by atoms with van der Waals surface area (Å²) in [6, 6.07) is 15.7. The molecule has 2 rings (SSSR count). The summed E-state index contributed by atoms with van der Waals surface area (Å²) in [5.74, 6) is 0.890. The highest BCUT2D eigenvalue weighted by molar-refractivity contribution is 9.10. The highest BCUT2D eigenvalue weighted by Gasteiger charge is 2.12. The quantitative estimate of drug-likeness (QED) is 0.746. The molecule has 4 heteroatoms. The van der Waals surface area contributed by atoms with Crippen LogP contribution in [0, 0.1) is 0 Å². The summed E-state index contributed by atoms with van der Waals surface area (Å²) >= 11 is 3.52. The number of ether oxygens (including phenoxy) is 1. The second kappa shape index (κ2) is 8.16. The van der Waals surface area contributed by atoms with Gasteiger partial charge in [0.15, 0.2) is 0 Å². The number of hydrogen-bond donors (Lipinski definition) is 0. The number of likely N-dealkylation sites (N-methyl/N-ethyl adjacent to an activating group) is 1. The molecule has 122 valence electrons. The van der Waals surface area contributed by atoms with Gasteiger partial charge in [0.25, 0.3) is 0 Å². The minimum atomic E-state index is 0.0856. The van der Waals surface area contributed by atoms with Crippen LogP contribution < -0.4 is 4.74 Å². The Morgan fingerprint density at radius 1 is 1.17 bits per heavy atom. The Kier molecular flexibility index (Phi) is 6.22. The van der Waals surface area contributed by atoms with E-state index < -0.39 is 0 Å². The van der Waals surface area contributed by atoms with Gasteiger partial charge in [-0.2, -0.15) is 0 Å². The SMILES string of the molecule is CC(C)Oc1cccc(CC(=O)N(C)Cc2ccccc2Br)c1. The van der Waals surface area contributed by atoms with Crippen molar-refractivity contribution in [2.24, 2.45) is 0 Å².